The predicted octanol–water partition coefficient (Wildman–Crippen LogP) is 2.77. The standard InChI is InChI=1S/C13H16BrN3O2/c1-18-11-6-5-10(14)13-12(11)15-16-17(13)8-9-4-2-3-7-19-9/h5-6,9H,2-4,7-8H2,1H3. The van der Waals surface area contributed by atoms with Gasteiger partial charge in [0.25, 0.3) is 0 Å². The highest BCUT2D eigenvalue weighted by Gasteiger charge is 2.19. The minimum Gasteiger partial charge on any atom is -0.494 e. The van der Waals surface area contributed by atoms with Crippen LogP contribution in [0.2, 0.25) is 0 Å². The van der Waals surface area contributed by atoms with Crippen LogP contribution in [0, 0.1) is 0 Å². The SMILES string of the molecule is COc1ccc(Br)c2c1nnn2CC1CCCCO1. The van der Waals surface area contributed by atoms with Crippen LogP contribution in [0.15, 0.2) is 16.6 Å². The van der Waals surface area contributed by atoms with Crippen molar-refractivity contribution in [1.82, 2.24) is 15.0 Å². The monoisotopic (exact) mass is 325 g/mol. The first-order valence-electron chi connectivity index (χ1n) is 6.47. The molecule has 2 heterocycles. The Bertz CT molecular complexity index is 579. The van der Waals surface area contributed by atoms with Gasteiger partial charge in [0.15, 0.2) is 5.52 Å². The number of rotatable bonds is 3. The van der Waals surface area contributed by atoms with Gasteiger partial charge in [-0.3, -0.25) is 0 Å². The van der Waals surface area contributed by atoms with Gasteiger partial charge in [0.1, 0.15) is 11.3 Å². The third kappa shape index (κ3) is 2.47. The number of ether oxygens (including phenoxy) is 2. The number of hydrogen-bond acceptors (Lipinski definition) is 4. The number of aromatic nitrogens is 3. The van der Waals surface area contributed by atoms with Gasteiger partial charge in [0.2, 0.25) is 0 Å². The fraction of sp³-hybridized carbons (Fsp3) is 0.538. The van der Waals surface area contributed by atoms with Crippen molar-refractivity contribution in [1.29, 1.82) is 0 Å². The maximum Gasteiger partial charge on any atom is 0.156 e. The van der Waals surface area contributed by atoms with Crippen LogP contribution in [0.4, 0.5) is 0 Å². The van der Waals surface area contributed by atoms with Crippen LogP contribution in [0.1, 0.15) is 19.3 Å². The topological polar surface area (TPSA) is 49.2 Å². The molecule has 0 saturated carbocycles. The average Bonchev–Trinajstić information content (AvgIpc) is 2.85. The molecule has 1 unspecified atom stereocenters. The van der Waals surface area contributed by atoms with E-state index in [0.717, 1.165) is 47.2 Å². The van der Waals surface area contributed by atoms with Crippen molar-refractivity contribution >= 4 is 27.0 Å². The minimum absolute atomic E-state index is 0.233. The van der Waals surface area contributed by atoms with Gasteiger partial charge < -0.3 is 9.47 Å². The number of benzene rings is 1. The second-order valence-corrected chi connectivity index (χ2v) is 5.56. The molecule has 0 spiro atoms. The average molecular weight is 326 g/mol. The van der Waals surface area contributed by atoms with Gasteiger partial charge in [-0.1, -0.05) is 5.21 Å². The Morgan fingerprint density at radius 3 is 3.11 bits per heavy atom. The molecule has 102 valence electrons. The van der Waals surface area contributed by atoms with Crippen LogP contribution in [-0.2, 0) is 11.3 Å². The van der Waals surface area contributed by atoms with Crippen LogP contribution in [0.3, 0.4) is 0 Å². The first-order chi connectivity index (χ1) is 9.29. The molecule has 0 radical (unpaired) electrons. The number of hydrogen-bond donors (Lipinski definition) is 0. The van der Waals surface area contributed by atoms with Crippen LogP contribution >= 0.6 is 15.9 Å². The second-order valence-electron chi connectivity index (χ2n) is 4.71. The zero-order valence-corrected chi connectivity index (χ0v) is 12.4. The fourth-order valence-electron chi connectivity index (χ4n) is 2.46. The van der Waals surface area contributed by atoms with Crippen LogP contribution < -0.4 is 4.74 Å². The molecule has 19 heavy (non-hydrogen) atoms. The first-order valence-corrected chi connectivity index (χ1v) is 7.26. The van der Waals surface area contributed by atoms with Crippen molar-refractivity contribution in [3.63, 3.8) is 0 Å². The summed E-state index contributed by atoms with van der Waals surface area (Å²) >= 11 is 3.56. The van der Waals surface area contributed by atoms with E-state index < -0.39 is 0 Å². The van der Waals surface area contributed by atoms with Crippen LogP contribution in [-0.4, -0.2) is 34.8 Å². The Balaban J connectivity index is 1.95. The number of nitrogens with zero attached hydrogens (tertiary/aromatic N) is 3. The Morgan fingerprint density at radius 1 is 1.47 bits per heavy atom. The normalized spacial score (nSPS) is 19.8. The van der Waals surface area contributed by atoms with E-state index in [0.29, 0.717) is 0 Å². The van der Waals surface area contributed by atoms with Gasteiger partial charge in [-0.25, -0.2) is 4.68 Å². The Hall–Kier alpha value is -1.14. The molecule has 1 aromatic carbocycles. The maximum atomic E-state index is 5.76. The lowest BCUT2D eigenvalue weighted by Gasteiger charge is -2.22. The first kappa shape index (κ1) is 12.9. The smallest absolute Gasteiger partial charge is 0.156 e. The summed E-state index contributed by atoms with van der Waals surface area (Å²) in [5, 5.41) is 8.45. The summed E-state index contributed by atoms with van der Waals surface area (Å²) in [6.45, 7) is 1.59. The molecule has 0 aliphatic carbocycles. The highest BCUT2D eigenvalue weighted by Crippen LogP contribution is 2.30. The van der Waals surface area contributed by atoms with Gasteiger partial charge in [-0.2, -0.15) is 0 Å². The van der Waals surface area contributed by atoms with Crippen LogP contribution in [0.5, 0.6) is 5.75 Å². The summed E-state index contributed by atoms with van der Waals surface area (Å²) in [6.07, 6.45) is 3.70. The highest BCUT2D eigenvalue weighted by molar-refractivity contribution is 9.10. The highest BCUT2D eigenvalue weighted by atomic mass is 79.9. The quantitative estimate of drug-likeness (QED) is 0.870. The lowest BCUT2D eigenvalue weighted by atomic mass is 10.1. The lowest BCUT2D eigenvalue weighted by molar-refractivity contribution is 0.00441. The fourth-order valence-corrected chi connectivity index (χ4v) is 2.98. The molecule has 5 nitrogen and oxygen atoms in total. The van der Waals surface area contributed by atoms with Gasteiger partial charge in [-0.15, -0.1) is 5.10 Å². The minimum atomic E-state index is 0.233. The zero-order chi connectivity index (χ0) is 13.2. The molecule has 1 aliphatic rings. The Kier molecular flexibility index (Phi) is 3.70. The van der Waals surface area contributed by atoms with E-state index in [1.165, 1.54) is 6.42 Å². The van der Waals surface area contributed by atoms with E-state index in [1.54, 1.807) is 7.11 Å². The van der Waals surface area contributed by atoms with Gasteiger partial charge in [0, 0.05) is 11.1 Å². The molecule has 1 saturated heterocycles. The molecule has 1 aliphatic heterocycles. The van der Waals surface area contributed by atoms with Crippen molar-refractivity contribution in [2.24, 2.45) is 0 Å². The molecule has 1 aromatic heterocycles. The summed E-state index contributed by atoms with van der Waals surface area (Å²) in [4.78, 5) is 0. The number of methoxy groups -OCH3 is 1. The van der Waals surface area contributed by atoms with E-state index in [-0.39, 0.29) is 6.10 Å². The molecule has 3 rings (SSSR count). The largest absolute Gasteiger partial charge is 0.494 e. The van der Waals surface area contributed by atoms with Crippen molar-refractivity contribution < 1.29 is 9.47 Å². The molecule has 1 fully saturated rings. The van der Waals surface area contributed by atoms with Crippen molar-refractivity contribution in [3.05, 3.63) is 16.6 Å². The maximum absolute atomic E-state index is 5.76. The molecule has 1 atom stereocenters. The predicted molar refractivity (Wildman–Crippen MR) is 75.4 cm³/mol. The summed E-state index contributed by atoms with van der Waals surface area (Å²) in [5.74, 6) is 0.744. The lowest BCUT2D eigenvalue weighted by Crippen LogP contribution is -2.25. The van der Waals surface area contributed by atoms with E-state index >= 15 is 0 Å². The van der Waals surface area contributed by atoms with Gasteiger partial charge in [-0.05, 0) is 47.3 Å². The number of fused-ring (bicyclic) bond motifs is 1. The van der Waals surface area contributed by atoms with Crippen molar-refractivity contribution in [2.75, 3.05) is 13.7 Å². The molecule has 2 aromatic rings. The molecule has 0 N–H and O–H groups in total. The third-order valence-corrected chi connectivity index (χ3v) is 4.09. The van der Waals surface area contributed by atoms with Crippen LogP contribution in [0.25, 0.3) is 11.0 Å². The molecule has 6 heteroatoms. The van der Waals surface area contributed by atoms with E-state index in [2.05, 4.69) is 26.2 Å². The Labute approximate surface area is 120 Å². The third-order valence-electron chi connectivity index (χ3n) is 3.45. The molecular formula is C13H16BrN3O2. The zero-order valence-electron chi connectivity index (χ0n) is 10.8. The summed E-state index contributed by atoms with van der Waals surface area (Å²) in [7, 11) is 1.64. The second kappa shape index (κ2) is 5.46. The van der Waals surface area contributed by atoms with Gasteiger partial charge >= 0.3 is 0 Å². The Morgan fingerprint density at radius 2 is 2.37 bits per heavy atom. The summed E-state index contributed by atoms with van der Waals surface area (Å²) in [5.41, 5.74) is 1.75. The summed E-state index contributed by atoms with van der Waals surface area (Å²) in [6, 6.07) is 3.85. The molecular weight excluding hydrogens is 310 g/mol. The molecule has 0 bridgehead atoms. The van der Waals surface area contributed by atoms with Crippen molar-refractivity contribution in [3.8, 4) is 5.75 Å². The van der Waals surface area contributed by atoms with Crippen molar-refractivity contribution in [2.45, 2.75) is 31.9 Å². The van der Waals surface area contributed by atoms with E-state index in [4.69, 9.17) is 9.47 Å². The number of halogens is 1. The molecule has 0 amide bonds. The van der Waals surface area contributed by atoms with E-state index in [1.807, 2.05) is 16.8 Å². The summed E-state index contributed by atoms with van der Waals surface area (Å²) < 4.78 is 14.0. The van der Waals surface area contributed by atoms with Gasteiger partial charge in [0.05, 0.1) is 19.8 Å². The van der Waals surface area contributed by atoms with E-state index in [9.17, 15) is 0 Å².